The van der Waals surface area contributed by atoms with Crippen LogP contribution in [0.1, 0.15) is 56.2 Å². The second kappa shape index (κ2) is 13.6. The van der Waals surface area contributed by atoms with Crippen LogP contribution in [-0.4, -0.2) is 51.2 Å². The van der Waals surface area contributed by atoms with Gasteiger partial charge >= 0.3 is 6.18 Å². The van der Waals surface area contributed by atoms with Crippen LogP contribution >= 0.6 is 0 Å². The number of amides is 2. The summed E-state index contributed by atoms with van der Waals surface area (Å²) >= 11 is 0. The molecule has 10 heteroatoms. The Hall–Kier alpha value is -3.89. The maximum absolute atomic E-state index is 13.0. The predicted octanol–water partition coefficient (Wildman–Crippen LogP) is 5.36. The Morgan fingerprint density at radius 3 is 2.24 bits per heavy atom. The highest BCUT2D eigenvalue weighted by molar-refractivity contribution is 6.04. The van der Waals surface area contributed by atoms with E-state index in [0.29, 0.717) is 17.2 Å². The zero-order valence-electron chi connectivity index (χ0n) is 23.0. The number of primary amides is 1. The van der Waals surface area contributed by atoms with E-state index in [1.807, 2.05) is 37.3 Å². The number of nitrogens with one attached hydrogen (secondary N) is 2. The Morgan fingerprint density at radius 1 is 0.951 bits per heavy atom. The average molecular weight is 569 g/mol. The molecule has 0 radical (unpaired) electrons. The molecule has 0 spiro atoms. The van der Waals surface area contributed by atoms with E-state index in [4.69, 9.17) is 10.5 Å². The molecule has 2 saturated heterocycles. The molecular formula is C31H35F3N4O3. The lowest BCUT2D eigenvalue weighted by molar-refractivity contribution is -0.137. The molecule has 3 aromatic carbocycles. The van der Waals surface area contributed by atoms with Crippen molar-refractivity contribution < 1.29 is 27.5 Å². The Bertz CT molecular complexity index is 1340. The fourth-order valence-electron chi connectivity index (χ4n) is 4.98. The first-order valence-electron chi connectivity index (χ1n) is 13.6. The van der Waals surface area contributed by atoms with Crippen LogP contribution in [0.25, 0.3) is 0 Å². The number of hydrogen-bond donors (Lipinski definition) is 3. The summed E-state index contributed by atoms with van der Waals surface area (Å²) in [5.74, 6) is -0.725. The van der Waals surface area contributed by atoms with E-state index in [0.717, 1.165) is 81.2 Å². The van der Waals surface area contributed by atoms with E-state index in [1.54, 1.807) is 12.1 Å². The van der Waals surface area contributed by atoms with Crippen LogP contribution < -0.4 is 21.3 Å². The molecule has 7 nitrogen and oxygen atoms in total. The molecule has 3 aromatic rings. The number of piperidine rings is 1. The third kappa shape index (κ3) is 8.31. The Morgan fingerprint density at radius 2 is 1.63 bits per heavy atom. The molecule has 41 heavy (non-hydrogen) atoms. The number of anilines is 2. The molecular weight excluding hydrogens is 533 g/mol. The summed E-state index contributed by atoms with van der Waals surface area (Å²) in [4.78, 5) is 26.4. The number of carbonyl (C=O) groups is 2. The highest BCUT2D eigenvalue weighted by Crippen LogP contribution is 2.34. The molecule has 218 valence electrons. The van der Waals surface area contributed by atoms with Gasteiger partial charge in [0.05, 0.1) is 18.8 Å². The van der Waals surface area contributed by atoms with Crippen LogP contribution in [0.2, 0.25) is 0 Å². The van der Waals surface area contributed by atoms with Crippen molar-refractivity contribution in [3.63, 3.8) is 0 Å². The van der Waals surface area contributed by atoms with E-state index in [-0.39, 0.29) is 5.56 Å². The van der Waals surface area contributed by atoms with Crippen molar-refractivity contribution in [2.75, 3.05) is 49.6 Å². The number of rotatable bonds is 5. The highest BCUT2D eigenvalue weighted by atomic mass is 19.4. The van der Waals surface area contributed by atoms with Crippen LogP contribution in [0.5, 0.6) is 0 Å². The maximum Gasteiger partial charge on any atom is 0.416 e. The highest BCUT2D eigenvalue weighted by Gasteiger charge is 2.31. The fourth-order valence-corrected chi connectivity index (χ4v) is 4.98. The molecule has 2 fully saturated rings. The number of nitrogens with two attached hydrogens (primary N) is 1. The van der Waals surface area contributed by atoms with E-state index in [2.05, 4.69) is 15.5 Å². The molecule has 0 aromatic heterocycles. The fraction of sp³-hybridized carbons (Fsp3) is 0.355. The summed E-state index contributed by atoms with van der Waals surface area (Å²) in [5, 5.41) is 5.88. The zero-order chi connectivity index (χ0) is 29.4. The van der Waals surface area contributed by atoms with Crippen molar-refractivity contribution in [3.05, 3.63) is 94.5 Å². The van der Waals surface area contributed by atoms with Crippen LogP contribution in [0.4, 0.5) is 24.5 Å². The van der Waals surface area contributed by atoms with Gasteiger partial charge in [0, 0.05) is 48.7 Å². The topological polar surface area (TPSA) is 96.7 Å². The lowest BCUT2D eigenvalue weighted by atomic mass is 9.88. The molecule has 4 N–H and O–H groups in total. The maximum atomic E-state index is 13.0. The third-order valence-corrected chi connectivity index (χ3v) is 7.24. The van der Waals surface area contributed by atoms with Crippen molar-refractivity contribution in [1.29, 1.82) is 0 Å². The molecule has 0 unspecified atom stereocenters. The van der Waals surface area contributed by atoms with E-state index >= 15 is 0 Å². The molecule has 5 rings (SSSR count). The number of alkyl halides is 3. The van der Waals surface area contributed by atoms with Crippen molar-refractivity contribution in [2.45, 2.75) is 31.9 Å². The summed E-state index contributed by atoms with van der Waals surface area (Å²) in [6.45, 7) is 7.39. The number of aryl methyl sites for hydroxylation is 1. The molecule has 2 aliphatic heterocycles. The molecule has 2 aliphatic rings. The van der Waals surface area contributed by atoms with E-state index in [1.165, 1.54) is 12.1 Å². The Balaban J connectivity index is 0.000000572. The average Bonchev–Trinajstić information content (AvgIpc) is 2.99. The molecule has 0 saturated carbocycles. The standard InChI is InChI=1S/C27H26F3N3O2.C4H9NO/c1-17-8-9-23(32-26(35)21-6-3-7-22(15-21)27(28,29)30)16-24(17)33-12-10-18(11-13-33)19-4-2-5-20(14-19)25(31)34;1-3-6-4-2-5-1/h2-9,14-16,18H,10-13H2,1H3,(H2,31,34)(H,32,35);5H,1-4H2. The molecule has 2 amide bonds. The van der Waals surface area contributed by atoms with Gasteiger partial charge in [-0.2, -0.15) is 13.2 Å². The summed E-state index contributed by atoms with van der Waals surface area (Å²) in [5.41, 5.74) is 8.62. The monoisotopic (exact) mass is 568 g/mol. The lowest BCUT2D eigenvalue weighted by Gasteiger charge is -2.35. The van der Waals surface area contributed by atoms with Gasteiger partial charge in [0.1, 0.15) is 0 Å². The third-order valence-electron chi connectivity index (χ3n) is 7.24. The SMILES string of the molecule is C1COCCN1.Cc1ccc(NC(=O)c2cccc(C(F)(F)F)c2)cc1N1CCC(c2cccc(C(N)=O)c2)CC1. The van der Waals surface area contributed by atoms with Crippen LogP contribution in [0.15, 0.2) is 66.7 Å². The van der Waals surface area contributed by atoms with Crippen LogP contribution in [0.3, 0.4) is 0 Å². The Labute approximate surface area is 237 Å². The van der Waals surface area contributed by atoms with Crippen LogP contribution in [-0.2, 0) is 10.9 Å². The van der Waals surface area contributed by atoms with Gasteiger partial charge in [-0.25, -0.2) is 0 Å². The minimum Gasteiger partial charge on any atom is -0.379 e. The quantitative estimate of drug-likeness (QED) is 0.385. The van der Waals surface area contributed by atoms with Gasteiger partial charge in [-0.15, -0.1) is 0 Å². The second-order valence-electron chi connectivity index (χ2n) is 10.1. The lowest BCUT2D eigenvalue weighted by Crippen LogP contribution is -2.33. The largest absolute Gasteiger partial charge is 0.416 e. The number of morpholine rings is 1. The van der Waals surface area contributed by atoms with Gasteiger partial charge < -0.3 is 26.0 Å². The van der Waals surface area contributed by atoms with Gasteiger partial charge in [0.2, 0.25) is 5.91 Å². The number of carbonyl (C=O) groups excluding carboxylic acids is 2. The first-order valence-corrected chi connectivity index (χ1v) is 13.6. The minimum atomic E-state index is -4.51. The first-order chi connectivity index (χ1) is 19.6. The predicted molar refractivity (Wildman–Crippen MR) is 153 cm³/mol. The number of benzene rings is 3. The van der Waals surface area contributed by atoms with Crippen LogP contribution in [0, 0.1) is 6.92 Å². The number of halogens is 3. The van der Waals surface area contributed by atoms with Gasteiger partial charge in [-0.1, -0.05) is 24.3 Å². The number of hydrogen-bond acceptors (Lipinski definition) is 5. The molecule has 0 bridgehead atoms. The van der Waals surface area contributed by atoms with Gasteiger partial charge in [-0.05, 0) is 79.3 Å². The van der Waals surface area contributed by atoms with Crippen molar-refractivity contribution in [1.82, 2.24) is 5.32 Å². The minimum absolute atomic E-state index is 0.0547. The van der Waals surface area contributed by atoms with Gasteiger partial charge in [0.25, 0.3) is 5.91 Å². The second-order valence-corrected chi connectivity index (χ2v) is 10.1. The number of ether oxygens (including phenoxy) is 1. The van der Waals surface area contributed by atoms with E-state index < -0.39 is 23.6 Å². The summed E-state index contributed by atoms with van der Waals surface area (Å²) in [7, 11) is 0. The van der Waals surface area contributed by atoms with Crippen molar-refractivity contribution in [2.24, 2.45) is 5.73 Å². The summed E-state index contributed by atoms with van der Waals surface area (Å²) in [6.07, 6.45) is -2.73. The Kier molecular flexibility index (Phi) is 10.0. The van der Waals surface area contributed by atoms with Crippen molar-refractivity contribution in [3.8, 4) is 0 Å². The summed E-state index contributed by atoms with van der Waals surface area (Å²) in [6, 6.07) is 17.3. The van der Waals surface area contributed by atoms with E-state index in [9.17, 15) is 22.8 Å². The van der Waals surface area contributed by atoms with Gasteiger partial charge in [-0.3, -0.25) is 9.59 Å². The molecule has 0 atom stereocenters. The number of nitrogens with zero attached hydrogens (tertiary/aromatic N) is 1. The molecule has 0 aliphatic carbocycles. The smallest absolute Gasteiger partial charge is 0.379 e. The zero-order valence-corrected chi connectivity index (χ0v) is 23.0. The van der Waals surface area contributed by atoms with Crippen molar-refractivity contribution >= 4 is 23.2 Å². The first kappa shape index (κ1) is 30.1. The van der Waals surface area contributed by atoms with Gasteiger partial charge in [0.15, 0.2) is 0 Å². The normalized spacial score (nSPS) is 16.0. The summed E-state index contributed by atoms with van der Waals surface area (Å²) < 4.78 is 44.0. The molecule has 2 heterocycles.